The van der Waals surface area contributed by atoms with Gasteiger partial charge in [-0.05, 0) is 36.8 Å². The van der Waals surface area contributed by atoms with Crippen LogP contribution in [0.1, 0.15) is 32.6 Å². The van der Waals surface area contributed by atoms with Gasteiger partial charge in [-0.1, -0.05) is 19.9 Å². The van der Waals surface area contributed by atoms with E-state index in [0.29, 0.717) is 12.5 Å². The van der Waals surface area contributed by atoms with E-state index in [-0.39, 0.29) is 5.97 Å². The third-order valence-corrected chi connectivity index (χ3v) is 3.25. The zero-order valence-corrected chi connectivity index (χ0v) is 11.1. The number of esters is 1. The molecule has 0 radical (unpaired) electrons. The van der Waals surface area contributed by atoms with Crippen LogP contribution in [0.25, 0.3) is 5.57 Å². The van der Waals surface area contributed by atoms with Gasteiger partial charge in [0.25, 0.3) is 0 Å². The van der Waals surface area contributed by atoms with Crippen LogP contribution in [-0.2, 0) is 9.53 Å². The maximum absolute atomic E-state index is 11.7. The van der Waals surface area contributed by atoms with Crippen molar-refractivity contribution in [2.75, 3.05) is 6.61 Å². The molecule has 0 fully saturated rings. The average Bonchev–Trinajstić information content (AvgIpc) is 2.71. The average molecular weight is 238 g/mol. The summed E-state index contributed by atoms with van der Waals surface area (Å²) in [5, 5.41) is 2.02. The second-order valence-corrected chi connectivity index (χ2v) is 4.84. The summed E-state index contributed by atoms with van der Waals surface area (Å²) < 4.78 is 5.04. The maximum atomic E-state index is 11.7. The molecule has 1 heterocycles. The van der Waals surface area contributed by atoms with E-state index in [0.717, 1.165) is 16.0 Å². The third-order valence-electron chi connectivity index (χ3n) is 2.35. The zero-order valence-electron chi connectivity index (χ0n) is 10.2. The van der Waals surface area contributed by atoms with Crippen LogP contribution in [0.3, 0.4) is 0 Å². The van der Waals surface area contributed by atoms with Gasteiger partial charge >= 0.3 is 5.97 Å². The number of ether oxygens (including phenoxy) is 1. The Labute approximate surface area is 101 Å². The SMILES string of the molecule is CCOC(=O)/C(C)=C(\c1cccs1)C(C)C. The van der Waals surface area contributed by atoms with Crippen molar-refractivity contribution in [3.8, 4) is 0 Å². The van der Waals surface area contributed by atoms with Crippen LogP contribution in [0.5, 0.6) is 0 Å². The molecule has 1 aromatic rings. The molecule has 1 aromatic heterocycles. The van der Waals surface area contributed by atoms with E-state index in [1.807, 2.05) is 31.4 Å². The van der Waals surface area contributed by atoms with Crippen LogP contribution in [0.2, 0.25) is 0 Å². The Kier molecular flexibility index (Phi) is 4.74. The first-order chi connectivity index (χ1) is 7.57. The Morgan fingerprint density at radius 2 is 2.19 bits per heavy atom. The minimum Gasteiger partial charge on any atom is -0.463 e. The standard InChI is InChI=1S/C13H18O2S/c1-5-15-13(14)10(4)12(9(2)3)11-7-6-8-16-11/h6-9H,5H2,1-4H3/b12-10-. The summed E-state index contributed by atoms with van der Waals surface area (Å²) in [4.78, 5) is 12.9. The third kappa shape index (κ3) is 2.95. The van der Waals surface area contributed by atoms with Crippen molar-refractivity contribution in [2.24, 2.45) is 5.92 Å². The topological polar surface area (TPSA) is 26.3 Å². The summed E-state index contributed by atoms with van der Waals surface area (Å²) in [7, 11) is 0. The molecule has 1 rings (SSSR count). The minimum absolute atomic E-state index is 0.209. The Bertz CT molecular complexity index is 375. The summed E-state index contributed by atoms with van der Waals surface area (Å²) in [6.07, 6.45) is 0. The fraction of sp³-hybridized carbons (Fsp3) is 0.462. The molecule has 0 aromatic carbocycles. The summed E-state index contributed by atoms with van der Waals surface area (Å²) in [5.41, 5.74) is 1.81. The number of rotatable bonds is 4. The number of hydrogen-bond acceptors (Lipinski definition) is 3. The van der Waals surface area contributed by atoms with E-state index in [2.05, 4.69) is 13.8 Å². The fourth-order valence-corrected chi connectivity index (χ4v) is 2.66. The van der Waals surface area contributed by atoms with Crippen LogP contribution in [0, 0.1) is 5.92 Å². The second-order valence-electron chi connectivity index (χ2n) is 3.89. The van der Waals surface area contributed by atoms with Gasteiger partial charge in [-0.3, -0.25) is 0 Å². The van der Waals surface area contributed by atoms with Crippen molar-refractivity contribution in [2.45, 2.75) is 27.7 Å². The van der Waals surface area contributed by atoms with E-state index < -0.39 is 0 Å². The molecule has 0 atom stereocenters. The lowest BCUT2D eigenvalue weighted by molar-refractivity contribution is -0.138. The van der Waals surface area contributed by atoms with Gasteiger partial charge in [0.1, 0.15) is 0 Å². The molecule has 0 aliphatic rings. The number of allylic oxidation sites excluding steroid dienone is 1. The highest BCUT2D eigenvalue weighted by Gasteiger charge is 2.16. The van der Waals surface area contributed by atoms with E-state index in [1.54, 1.807) is 11.3 Å². The number of thiophene rings is 1. The molecule has 16 heavy (non-hydrogen) atoms. The van der Waals surface area contributed by atoms with Gasteiger partial charge in [-0.15, -0.1) is 11.3 Å². The van der Waals surface area contributed by atoms with Crippen molar-refractivity contribution in [1.29, 1.82) is 0 Å². The maximum Gasteiger partial charge on any atom is 0.334 e. The van der Waals surface area contributed by atoms with Crippen LogP contribution in [0.15, 0.2) is 23.1 Å². The molecule has 0 saturated heterocycles. The Hall–Kier alpha value is -1.09. The quantitative estimate of drug-likeness (QED) is 0.590. The van der Waals surface area contributed by atoms with Gasteiger partial charge in [-0.25, -0.2) is 4.79 Å². The molecule has 88 valence electrons. The van der Waals surface area contributed by atoms with Crippen molar-refractivity contribution in [1.82, 2.24) is 0 Å². The van der Waals surface area contributed by atoms with Crippen LogP contribution < -0.4 is 0 Å². The van der Waals surface area contributed by atoms with Crippen LogP contribution in [-0.4, -0.2) is 12.6 Å². The smallest absolute Gasteiger partial charge is 0.334 e. The van der Waals surface area contributed by atoms with Gasteiger partial charge in [0.05, 0.1) is 6.61 Å². The van der Waals surface area contributed by atoms with E-state index >= 15 is 0 Å². The molecule has 0 saturated carbocycles. The predicted octanol–water partition coefficient (Wildman–Crippen LogP) is 3.74. The molecule has 0 aliphatic carbocycles. The van der Waals surface area contributed by atoms with Gasteiger partial charge in [-0.2, -0.15) is 0 Å². The highest BCUT2D eigenvalue weighted by atomic mass is 32.1. The molecule has 0 spiro atoms. The summed E-state index contributed by atoms with van der Waals surface area (Å²) in [6.45, 7) is 8.28. The molecule has 0 N–H and O–H groups in total. The zero-order chi connectivity index (χ0) is 12.1. The monoisotopic (exact) mass is 238 g/mol. The normalized spacial score (nSPS) is 12.6. The molecule has 0 unspecified atom stereocenters. The predicted molar refractivity (Wildman–Crippen MR) is 68.4 cm³/mol. The molecule has 3 heteroatoms. The van der Waals surface area contributed by atoms with Crippen molar-refractivity contribution >= 4 is 22.9 Å². The first-order valence-corrected chi connectivity index (χ1v) is 6.37. The van der Waals surface area contributed by atoms with E-state index in [1.165, 1.54) is 0 Å². The first-order valence-electron chi connectivity index (χ1n) is 5.49. The second kappa shape index (κ2) is 5.85. The molecule has 0 bridgehead atoms. The van der Waals surface area contributed by atoms with Gasteiger partial charge in [0.2, 0.25) is 0 Å². The van der Waals surface area contributed by atoms with Crippen molar-refractivity contribution in [3.05, 3.63) is 28.0 Å². The van der Waals surface area contributed by atoms with Crippen molar-refractivity contribution < 1.29 is 9.53 Å². The minimum atomic E-state index is -0.209. The molecular formula is C13H18O2S. The summed E-state index contributed by atoms with van der Waals surface area (Å²) in [6, 6.07) is 4.05. The highest BCUT2D eigenvalue weighted by molar-refractivity contribution is 7.11. The lowest BCUT2D eigenvalue weighted by Gasteiger charge is -2.13. The number of carbonyl (C=O) groups is 1. The van der Waals surface area contributed by atoms with Gasteiger partial charge in [0, 0.05) is 10.5 Å². The number of hydrogen-bond donors (Lipinski definition) is 0. The first kappa shape index (κ1) is 13.0. The van der Waals surface area contributed by atoms with Crippen LogP contribution >= 0.6 is 11.3 Å². The van der Waals surface area contributed by atoms with E-state index in [9.17, 15) is 4.79 Å². The van der Waals surface area contributed by atoms with E-state index in [4.69, 9.17) is 4.74 Å². The van der Waals surface area contributed by atoms with Gasteiger partial charge < -0.3 is 4.74 Å². The van der Waals surface area contributed by atoms with Crippen molar-refractivity contribution in [3.63, 3.8) is 0 Å². The molecule has 2 nitrogen and oxygen atoms in total. The molecule has 0 amide bonds. The fourth-order valence-electron chi connectivity index (χ4n) is 1.68. The molecular weight excluding hydrogens is 220 g/mol. The largest absolute Gasteiger partial charge is 0.463 e. The summed E-state index contributed by atoms with van der Waals surface area (Å²) >= 11 is 1.66. The highest BCUT2D eigenvalue weighted by Crippen LogP contribution is 2.30. The lowest BCUT2D eigenvalue weighted by Crippen LogP contribution is -2.09. The Balaban J connectivity index is 3.10. The number of carbonyl (C=O) groups excluding carboxylic acids is 1. The lowest BCUT2D eigenvalue weighted by atomic mass is 9.96. The van der Waals surface area contributed by atoms with Gasteiger partial charge in [0.15, 0.2) is 0 Å². The van der Waals surface area contributed by atoms with Crippen LogP contribution in [0.4, 0.5) is 0 Å². The Morgan fingerprint density at radius 3 is 2.62 bits per heavy atom. The Morgan fingerprint density at radius 1 is 1.50 bits per heavy atom. The summed E-state index contributed by atoms with van der Waals surface area (Å²) in [5.74, 6) is 0.114. The molecule has 0 aliphatic heterocycles.